The highest BCUT2D eigenvalue weighted by atomic mass is 16.5. The molecule has 23 heavy (non-hydrogen) atoms. The third-order valence-corrected chi connectivity index (χ3v) is 5.14. The van der Waals surface area contributed by atoms with Gasteiger partial charge in [0.25, 0.3) is 0 Å². The molecule has 6 heteroatoms. The van der Waals surface area contributed by atoms with Crippen molar-refractivity contribution in [1.82, 2.24) is 10.2 Å². The van der Waals surface area contributed by atoms with Crippen molar-refractivity contribution in [3.8, 4) is 12.3 Å². The smallest absolute Gasteiger partial charge is 0.239 e. The lowest BCUT2D eigenvalue weighted by Crippen LogP contribution is -2.56. The Hall–Kier alpha value is -1.45. The number of hydrogen-bond donors (Lipinski definition) is 1. The summed E-state index contributed by atoms with van der Waals surface area (Å²) in [7, 11) is 0. The van der Waals surface area contributed by atoms with Gasteiger partial charge in [-0.05, 0) is 12.8 Å². The molecule has 0 aromatic carbocycles. The minimum atomic E-state index is -0.326. The minimum absolute atomic E-state index is 0.0735. The number of hydrogen-bond acceptors (Lipinski definition) is 5. The van der Waals surface area contributed by atoms with Crippen LogP contribution in [0.25, 0.3) is 0 Å². The van der Waals surface area contributed by atoms with Crippen LogP contribution in [-0.2, 0) is 9.53 Å². The van der Waals surface area contributed by atoms with Gasteiger partial charge in [-0.1, -0.05) is 12.8 Å². The van der Waals surface area contributed by atoms with Crippen LogP contribution in [0.3, 0.4) is 0 Å². The molecule has 1 amide bonds. The minimum Gasteiger partial charge on any atom is -0.378 e. The number of morpholine rings is 1. The van der Waals surface area contributed by atoms with E-state index in [9.17, 15) is 4.79 Å². The molecule has 1 aliphatic carbocycles. The van der Waals surface area contributed by atoms with E-state index >= 15 is 0 Å². The van der Waals surface area contributed by atoms with E-state index in [-0.39, 0.29) is 17.6 Å². The summed E-state index contributed by atoms with van der Waals surface area (Å²) in [5, 5.41) is 11.2. The summed E-state index contributed by atoms with van der Waals surface area (Å²) in [6.07, 6.45) is 12.4. The van der Waals surface area contributed by atoms with Gasteiger partial charge in [-0.15, -0.1) is 12.3 Å². The van der Waals surface area contributed by atoms with Gasteiger partial charge in [-0.2, -0.15) is 10.2 Å². The molecule has 1 saturated carbocycles. The van der Waals surface area contributed by atoms with E-state index in [1.807, 2.05) is 0 Å². The molecule has 3 rings (SSSR count). The lowest BCUT2D eigenvalue weighted by Gasteiger charge is -2.38. The number of amides is 1. The molecule has 1 saturated heterocycles. The molecule has 6 nitrogen and oxygen atoms in total. The van der Waals surface area contributed by atoms with E-state index in [0.717, 1.165) is 26.0 Å². The summed E-state index contributed by atoms with van der Waals surface area (Å²) in [6.45, 7) is 2.68. The summed E-state index contributed by atoms with van der Waals surface area (Å²) >= 11 is 0. The highest BCUT2D eigenvalue weighted by Gasteiger charge is 2.39. The van der Waals surface area contributed by atoms with E-state index in [1.165, 1.54) is 25.7 Å². The van der Waals surface area contributed by atoms with Crippen molar-refractivity contribution in [1.29, 1.82) is 0 Å². The van der Waals surface area contributed by atoms with Crippen LogP contribution in [0, 0.1) is 12.3 Å². The molecule has 0 radical (unpaired) electrons. The predicted octanol–water partition coefficient (Wildman–Crippen LogP) is 1.71. The number of ether oxygens (including phenoxy) is 1. The molecular formula is C17H26N4O2. The van der Waals surface area contributed by atoms with Crippen LogP contribution >= 0.6 is 0 Å². The van der Waals surface area contributed by atoms with Gasteiger partial charge in [0.05, 0.1) is 13.2 Å². The maximum atomic E-state index is 12.6. The average molecular weight is 318 g/mol. The van der Waals surface area contributed by atoms with Crippen LogP contribution in [0.5, 0.6) is 0 Å². The van der Waals surface area contributed by atoms with Crippen LogP contribution in [0.4, 0.5) is 0 Å². The highest BCUT2D eigenvalue weighted by molar-refractivity contribution is 5.82. The van der Waals surface area contributed by atoms with Crippen molar-refractivity contribution >= 4 is 5.91 Å². The molecule has 0 aromatic heterocycles. The van der Waals surface area contributed by atoms with Gasteiger partial charge in [0.15, 0.2) is 5.66 Å². The lowest BCUT2D eigenvalue weighted by atomic mass is 10.0. The third kappa shape index (κ3) is 4.10. The molecule has 0 spiro atoms. The summed E-state index contributed by atoms with van der Waals surface area (Å²) < 4.78 is 5.54. The quantitative estimate of drug-likeness (QED) is 0.727. The zero-order valence-corrected chi connectivity index (χ0v) is 13.7. The van der Waals surface area contributed by atoms with Crippen LogP contribution < -0.4 is 5.32 Å². The third-order valence-electron chi connectivity index (χ3n) is 5.14. The fraction of sp³-hybridized carbons (Fsp3) is 0.824. The Morgan fingerprint density at radius 1 is 1.35 bits per heavy atom. The highest BCUT2D eigenvalue weighted by Crippen LogP contribution is 2.36. The lowest BCUT2D eigenvalue weighted by molar-refractivity contribution is -0.134. The van der Waals surface area contributed by atoms with Gasteiger partial charge in [0.2, 0.25) is 5.91 Å². The predicted molar refractivity (Wildman–Crippen MR) is 86.8 cm³/mol. The van der Waals surface area contributed by atoms with Gasteiger partial charge in [0, 0.05) is 38.4 Å². The molecule has 2 fully saturated rings. The van der Waals surface area contributed by atoms with Gasteiger partial charge in [-0.25, -0.2) is 0 Å². The van der Waals surface area contributed by atoms with E-state index < -0.39 is 0 Å². The molecule has 126 valence electrons. The van der Waals surface area contributed by atoms with Gasteiger partial charge in [0.1, 0.15) is 6.04 Å². The molecule has 1 unspecified atom stereocenters. The van der Waals surface area contributed by atoms with Gasteiger partial charge < -0.3 is 10.1 Å². The second-order valence-electron chi connectivity index (χ2n) is 6.69. The van der Waals surface area contributed by atoms with Crippen molar-refractivity contribution in [2.75, 3.05) is 26.3 Å². The maximum Gasteiger partial charge on any atom is 0.239 e. The Labute approximate surface area is 138 Å². The Kier molecular flexibility index (Phi) is 5.29. The van der Waals surface area contributed by atoms with Gasteiger partial charge in [-0.3, -0.25) is 9.69 Å². The SMILES string of the molecule is C#CCCC1(CCNC(=O)C2COCCN2C2CCCC2)N=N1. The zero-order chi connectivity index (χ0) is 16.1. The Morgan fingerprint density at radius 3 is 2.83 bits per heavy atom. The molecule has 2 heterocycles. The van der Waals surface area contributed by atoms with Crippen LogP contribution in [0.2, 0.25) is 0 Å². The topological polar surface area (TPSA) is 66.3 Å². The van der Waals surface area contributed by atoms with Crippen molar-refractivity contribution in [2.24, 2.45) is 10.2 Å². The van der Waals surface area contributed by atoms with Crippen molar-refractivity contribution in [3.63, 3.8) is 0 Å². The second kappa shape index (κ2) is 7.41. The Balaban J connectivity index is 1.45. The zero-order valence-electron chi connectivity index (χ0n) is 13.7. The summed E-state index contributed by atoms with van der Waals surface area (Å²) in [6, 6.07) is 0.395. The molecule has 0 aromatic rings. The van der Waals surface area contributed by atoms with E-state index in [4.69, 9.17) is 11.2 Å². The first kappa shape index (κ1) is 16.4. The van der Waals surface area contributed by atoms with Gasteiger partial charge >= 0.3 is 0 Å². The molecule has 1 N–H and O–H groups in total. The number of nitrogens with zero attached hydrogens (tertiary/aromatic N) is 3. The fourth-order valence-electron chi connectivity index (χ4n) is 3.69. The van der Waals surface area contributed by atoms with Crippen molar-refractivity contribution in [2.45, 2.75) is 62.7 Å². The number of rotatable bonds is 7. The average Bonchev–Trinajstić information content (AvgIpc) is 3.13. The summed E-state index contributed by atoms with van der Waals surface area (Å²) in [5.74, 6) is 2.69. The number of nitrogens with one attached hydrogen (secondary N) is 1. The number of carbonyl (C=O) groups excluding carboxylic acids is 1. The van der Waals surface area contributed by atoms with E-state index in [1.54, 1.807) is 0 Å². The first-order valence-electron chi connectivity index (χ1n) is 8.73. The van der Waals surface area contributed by atoms with Crippen LogP contribution in [0.15, 0.2) is 10.2 Å². The van der Waals surface area contributed by atoms with E-state index in [0.29, 0.717) is 25.6 Å². The van der Waals surface area contributed by atoms with Crippen LogP contribution in [0.1, 0.15) is 44.9 Å². The van der Waals surface area contributed by atoms with Crippen molar-refractivity contribution < 1.29 is 9.53 Å². The first-order valence-corrected chi connectivity index (χ1v) is 8.73. The largest absolute Gasteiger partial charge is 0.378 e. The maximum absolute atomic E-state index is 12.6. The summed E-state index contributed by atoms with van der Waals surface area (Å²) in [4.78, 5) is 14.9. The molecule has 1 atom stereocenters. The van der Waals surface area contributed by atoms with Crippen LogP contribution in [-0.4, -0.2) is 54.9 Å². The molecule has 3 aliphatic rings. The molecular weight excluding hydrogens is 292 g/mol. The monoisotopic (exact) mass is 318 g/mol. The van der Waals surface area contributed by atoms with Crippen molar-refractivity contribution in [3.05, 3.63) is 0 Å². The first-order chi connectivity index (χ1) is 11.2. The fourth-order valence-corrected chi connectivity index (χ4v) is 3.69. The standard InChI is InChI=1S/C17H26N4O2/c1-2-3-8-17(19-20-17)9-10-18-16(22)15-13-23-12-11-21(15)14-6-4-5-7-14/h1,14-15H,3-13H2,(H,18,22). The molecule has 0 bridgehead atoms. The number of terminal acetylenes is 1. The molecule has 2 aliphatic heterocycles. The normalized spacial score (nSPS) is 26.8. The second-order valence-corrected chi connectivity index (χ2v) is 6.69. The number of carbonyl (C=O) groups is 1. The van der Waals surface area contributed by atoms with E-state index in [2.05, 4.69) is 26.4 Å². The Morgan fingerprint density at radius 2 is 2.13 bits per heavy atom. The summed E-state index contributed by atoms with van der Waals surface area (Å²) in [5.41, 5.74) is -0.326. The Bertz CT molecular complexity index is 487.